The summed E-state index contributed by atoms with van der Waals surface area (Å²) in [5, 5.41) is 23.1. The highest BCUT2D eigenvalue weighted by molar-refractivity contribution is 7.15. The molecule has 0 saturated carbocycles. The summed E-state index contributed by atoms with van der Waals surface area (Å²) < 4.78 is 0. The number of aryl methyl sites for hydroxylation is 1. The van der Waals surface area contributed by atoms with Gasteiger partial charge >= 0.3 is 0 Å². The first-order chi connectivity index (χ1) is 12.6. The van der Waals surface area contributed by atoms with E-state index in [9.17, 15) is 14.9 Å². The minimum atomic E-state index is -0.480. The van der Waals surface area contributed by atoms with Crippen LogP contribution in [0, 0.1) is 10.1 Å². The van der Waals surface area contributed by atoms with Gasteiger partial charge in [0.2, 0.25) is 11.0 Å². The Morgan fingerprint density at radius 1 is 1.15 bits per heavy atom. The van der Waals surface area contributed by atoms with E-state index in [0.717, 1.165) is 17.8 Å². The number of hydrogen-bond acceptors (Lipinski definition) is 6. The monoisotopic (exact) mass is 376 g/mol. The van der Waals surface area contributed by atoms with Crippen LogP contribution in [0.3, 0.4) is 0 Å². The van der Waals surface area contributed by atoms with Crippen LogP contribution in [0.1, 0.15) is 56.0 Å². The van der Waals surface area contributed by atoms with Crippen LogP contribution in [0.25, 0.3) is 0 Å². The minimum Gasteiger partial charge on any atom is -0.300 e. The fourth-order valence-electron chi connectivity index (χ4n) is 2.64. The number of nitro groups is 1. The number of nitrogens with one attached hydrogen (secondary N) is 1. The highest BCUT2D eigenvalue weighted by atomic mass is 32.1. The molecular weight excluding hydrogens is 352 g/mol. The molecule has 0 fully saturated rings. The van der Waals surface area contributed by atoms with Gasteiger partial charge in [0.05, 0.1) is 11.3 Å². The van der Waals surface area contributed by atoms with Crippen LogP contribution in [0.4, 0.5) is 10.8 Å². The number of para-hydroxylation sites is 1. The Labute approximate surface area is 157 Å². The quantitative estimate of drug-likeness (QED) is 0.353. The molecule has 0 atom stereocenters. The van der Waals surface area contributed by atoms with Crippen molar-refractivity contribution in [3.8, 4) is 0 Å². The number of carbonyl (C=O) groups excluding carboxylic acids is 1. The van der Waals surface area contributed by atoms with E-state index in [0.29, 0.717) is 10.7 Å². The van der Waals surface area contributed by atoms with Crippen molar-refractivity contribution in [1.82, 2.24) is 10.2 Å². The Morgan fingerprint density at radius 3 is 2.65 bits per heavy atom. The van der Waals surface area contributed by atoms with Crippen molar-refractivity contribution in [3.05, 3.63) is 45.0 Å². The molecule has 1 aromatic heterocycles. The van der Waals surface area contributed by atoms with E-state index in [1.165, 1.54) is 49.5 Å². The SMILES string of the molecule is CCCCCCCCc1nnc(NC(=O)Cc2ccccc2[N+](=O)[O-])s1. The van der Waals surface area contributed by atoms with Crippen molar-refractivity contribution in [2.45, 2.75) is 58.3 Å². The van der Waals surface area contributed by atoms with Crippen LogP contribution < -0.4 is 5.32 Å². The van der Waals surface area contributed by atoms with Crippen molar-refractivity contribution in [1.29, 1.82) is 0 Å². The minimum absolute atomic E-state index is 0.0522. The maximum Gasteiger partial charge on any atom is 0.273 e. The topological polar surface area (TPSA) is 98.0 Å². The summed E-state index contributed by atoms with van der Waals surface area (Å²) in [4.78, 5) is 22.7. The first-order valence-electron chi connectivity index (χ1n) is 8.94. The lowest BCUT2D eigenvalue weighted by atomic mass is 10.1. The molecule has 0 unspecified atom stereocenters. The van der Waals surface area contributed by atoms with E-state index in [4.69, 9.17) is 0 Å². The summed E-state index contributed by atoms with van der Waals surface area (Å²) in [5.41, 5.74) is 0.329. The third-order valence-electron chi connectivity index (χ3n) is 4.00. The Hall–Kier alpha value is -2.35. The average Bonchev–Trinajstić information content (AvgIpc) is 3.05. The van der Waals surface area contributed by atoms with Crippen LogP contribution >= 0.6 is 11.3 Å². The molecule has 0 aliphatic heterocycles. The molecule has 1 amide bonds. The second-order valence-corrected chi connectivity index (χ2v) is 7.19. The highest BCUT2D eigenvalue weighted by Gasteiger charge is 2.16. The van der Waals surface area contributed by atoms with Gasteiger partial charge in [-0.1, -0.05) is 68.6 Å². The zero-order valence-electron chi connectivity index (χ0n) is 14.9. The third kappa shape index (κ3) is 6.51. The lowest BCUT2D eigenvalue weighted by molar-refractivity contribution is -0.385. The van der Waals surface area contributed by atoms with E-state index >= 15 is 0 Å². The van der Waals surface area contributed by atoms with E-state index in [1.54, 1.807) is 18.2 Å². The van der Waals surface area contributed by atoms with Crippen molar-refractivity contribution in [2.75, 3.05) is 5.32 Å². The van der Waals surface area contributed by atoms with Crippen molar-refractivity contribution < 1.29 is 9.72 Å². The van der Waals surface area contributed by atoms with E-state index in [-0.39, 0.29) is 18.0 Å². The number of nitrogens with zero attached hydrogens (tertiary/aromatic N) is 3. The standard InChI is InChI=1S/C18H24N4O3S/c1-2-3-4-5-6-7-12-17-20-21-18(26-17)19-16(23)13-14-10-8-9-11-15(14)22(24)25/h8-11H,2-7,12-13H2,1H3,(H,19,21,23). The molecule has 2 aromatic rings. The van der Waals surface area contributed by atoms with Crippen LogP contribution in [-0.2, 0) is 17.6 Å². The number of hydrogen-bond donors (Lipinski definition) is 1. The number of benzene rings is 1. The Balaban J connectivity index is 1.80. The number of rotatable bonds is 11. The number of carbonyl (C=O) groups is 1. The van der Waals surface area contributed by atoms with Gasteiger partial charge in [-0.05, 0) is 6.42 Å². The molecule has 26 heavy (non-hydrogen) atoms. The summed E-state index contributed by atoms with van der Waals surface area (Å²) >= 11 is 1.36. The van der Waals surface area contributed by atoms with Gasteiger partial charge in [-0.2, -0.15) is 0 Å². The average molecular weight is 376 g/mol. The zero-order chi connectivity index (χ0) is 18.8. The molecule has 8 heteroatoms. The number of aromatic nitrogens is 2. The second kappa shape index (κ2) is 10.6. The van der Waals surface area contributed by atoms with Gasteiger partial charge in [0.1, 0.15) is 5.01 Å². The predicted octanol–water partition coefficient (Wildman–Crippen LogP) is 4.53. The molecule has 0 aliphatic carbocycles. The first kappa shape index (κ1) is 20.0. The van der Waals surface area contributed by atoms with Crippen molar-refractivity contribution in [2.24, 2.45) is 0 Å². The molecule has 0 bridgehead atoms. The number of nitro benzene ring substituents is 1. The van der Waals surface area contributed by atoms with Crippen LogP contribution in [0.2, 0.25) is 0 Å². The molecule has 0 spiro atoms. The fourth-order valence-corrected chi connectivity index (χ4v) is 3.43. The number of unbranched alkanes of at least 4 members (excludes halogenated alkanes) is 5. The fraction of sp³-hybridized carbons (Fsp3) is 0.500. The van der Waals surface area contributed by atoms with Gasteiger partial charge < -0.3 is 5.32 Å². The lowest BCUT2D eigenvalue weighted by Gasteiger charge is -2.02. The molecule has 0 aliphatic rings. The molecule has 140 valence electrons. The largest absolute Gasteiger partial charge is 0.300 e. The summed E-state index contributed by atoms with van der Waals surface area (Å²) in [6, 6.07) is 6.24. The summed E-state index contributed by atoms with van der Waals surface area (Å²) in [6.07, 6.45) is 8.10. The molecule has 0 saturated heterocycles. The number of amides is 1. The van der Waals surface area contributed by atoms with Gasteiger partial charge in [0, 0.05) is 18.1 Å². The van der Waals surface area contributed by atoms with E-state index in [2.05, 4.69) is 22.4 Å². The maximum absolute atomic E-state index is 12.1. The Morgan fingerprint density at radius 2 is 1.88 bits per heavy atom. The normalized spacial score (nSPS) is 10.7. The van der Waals surface area contributed by atoms with Gasteiger partial charge in [-0.25, -0.2) is 0 Å². The van der Waals surface area contributed by atoms with Crippen LogP contribution in [0.15, 0.2) is 24.3 Å². The maximum atomic E-state index is 12.1. The lowest BCUT2D eigenvalue weighted by Crippen LogP contribution is -2.15. The van der Waals surface area contributed by atoms with Gasteiger partial charge in [0.25, 0.3) is 5.69 Å². The van der Waals surface area contributed by atoms with Crippen LogP contribution in [0.5, 0.6) is 0 Å². The molecule has 2 rings (SSSR count). The Kier molecular flexibility index (Phi) is 8.14. The smallest absolute Gasteiger partial charge is 0.273 e. The highest BCUT2D eigenvalue weighted by Crippen LogP contribution is 2.21. The van der Waals surface area contributed by atoms with Gasteiger partial charge in [-0.15, -0.1) is 10.2 Å². The summed E-state index contributed by atoms with van der Waals surface area (Å²) in [5.74, 6) is -0.332. The van der Waals surface area contributed by atoms with Crippen LogP contribution in [-0.4, -0.2) is 21.0 Å². The van der Waals surface area contributed by atoms with E-state index < -0.39 is 4.92 Å². The molecule has 0 radical (unpaired) electrons. The van der Waals surface area contributed by atoms with Gasteiger partial charge in [-0.3, -0.25) is 14.9 Å². The molecule has 1 aromatic carbocycles. The second-order valence-electron chi connectivity index (χ2n) is 6.13. The predicted molar refractivity (Wildman–Crippen MR) is 102 cm³/mol. The number of anilines is 1. The van der Waals surface area contributed by atoms with Gasteiger partial charge in [0.15, 0.2) is 0 Å². The molecule has 1 heterocycles. The van der Waals surface area contributed by atoms with Crippen molar-refractivity contribution >= 4 is 28.1 Å². The first-order valence-corrected chi connectivity index (χ1v) is 9.76. The Bertz CT molecular complexity index is 733. The van der Waals surface area contributed by atoms with E-state index in [1.807, 2.05) is 0 Å². The molecular formula is C18H24N4O3S. The molecule has 7 nitrogen and oxygen atoms in total. The van der Waals surface area contributed by atoms with Crippen molar-refractivity contribution in [3.63, 3.8) is 0 Å². The summed E-state index contributed by atoms with van der Waals surface area (Å²) in [6.45, 7) is 2.20. The molecule has 1 N–H and O–H groups in total. The third-order valence-corrected chi connectivity index (χ3v) is 4.90. The zero-order valence-corrected chi connectivity index (χ0v) is 15.8. The summed E-state index contributed by atoms with van der Waals surface area (Å²) in [7, 11) is 0.